The van der Waals surface area contributed by atoms with Crippen molar-refractivity contribution in [1.29, 1.82) is 0 Å². The van der Waals surface area contributed by atoms with Gasteiger partial charge in [0.2, 0.25) is 0 Å². The van der Waals surface area contributed by atoms with Gasteiger partial charge >= 0.3 is 0 Å². The van der Waals surface area contributed by atoms with Crippen molar-refractivity contribution in [3.63, 3.8) is 0 Å². The Morgan fingerprint density at radius 2 is 1.53 bits per heavy atom. The maximum atomic E-state index is 2.24. The third kappa shape index (κ3) is 2.96. The van der Waals surface area contributed by atoms with Crippen molar-refractivity contribution in [2.24, 2.45) is 0 Å². The van der Waals surface area contributed by atoms with Gasteiger partial charge in [0, 0.05) is 0 Å². The van der Waals surface area contributed by atoms with Gasteiger partial charge in [0.05, 0.1) is 0 Å². The molecule has 0 heteroatoms. The molecule has 1 aliphatic rings. The van der Waals surface area contributed by atoms with E-state index in [0.717, 1.165) is 6.42 Å². The van der Waals surface area contributed by atoms with E-state index in [0.29, 0.717) is 0 Å². The molecule has 0 amide bonds. The van der Waals surface area contributed by atoms with E-state index in [1.165, 1.54) is 27.8 Å². The molecule has 0 fully saturated rings. The summed E-state index contributed by atoms with van der Waals surface area (Å²) in [6, 6.07) is 15.2. The number of fused-ring (bicyclic) bond motifs is 1. The zero-order valence-corrected chi connectivity index (χ0v) is 11.4. The van der Waals surface area contributed by atoms with Crippen LogP contribution >= 0.6 is 0 Å². The zero-order valence-electron chi connectivity index (χ0n) is 11.4. The highest BCUT2D eigenvalue weighted by Gasteiger charge is 2.11. The van der Waals surface area contributed by atoms with Crippen molar-refractivity contribution < 1.29 is 0 Å². The molecule has 0 spiro atoms. The second-order valence-corrected chi connectivity index (χ2v) is 4.29. The van der Waals surface area contributed by atoms with Crippen LogP contribution in [0.3, 0.4) is 0 Å². The van der Waals surface area contributed by atoms with Crippen LogP contribution in [0.1, 0.15) is 38.0 Å². The minimum absolute atomic E-state index is 0. The van der Waals surface area contributed by atoms with Gasteiger partial charge in [-0.25, -0.2) is 0 Å². The lowest BCUT2D eigenvalue weighted by Gasteiger charge is -2.11. The van der Waals surface area contributed by atoms with Crippen LogP contribution in [0.15, 0.2) is 48.5 Å². The second-order valence-electron chi connectivity index (χ2n) is 4.29. The molecule has 0 heterocycles. The molecule has 3 rings (SSSR count). The largest absolute Gasteiger partial charge is 0.0795 e. The Bertz CT molecular complexity index is 562. The molecule has 0 unspecified atom stereocenters. The van der Waals surface area contributed by atoms with E-state index in [-0.39, 0.29) is 7.43 Å². The number of aryl methyl sites for hydroxylation is 1. The zero-order chi connectivity index (χ0) is 13.0. The molecule has 0 aromatic heterocycles. The fourth-order valence-electron chi connectivity index (χ4n) is 2.42. The van der Waals surface area contributed by atoms with E-state index in [1.54, 1.807) is 0 Å². The number of hydrogen-bond donors (Lipinski definition) is 0. The first-order chi connectivity index (χ1) is 8.86. The summed E-state index contributed by atoms with van der Waals surface area (Å²) in [5.74, 6) is 0. The van der Waals surface area contributed by atoms with Crippen molar-refractivity contribution in [3.05, 3.63) is 65.2 Å². The van der Waals surface area contributed by atoms with Crippen LogP contribution in [0.4, 0.5) is 0 Å². The van der Waals surface area contributed by atoms with E-state index in [1.807, 2.05) is 13.8 Å². The van der Waals surface area contributed by atoms with Crippen LogP contribution in [0.2, 0.25) is 0 Å². The Labute approximate surface area is 117 Å². The van der Waals surface area contributed by atoms with Crippen LogP contribution in [-0.4, -0.2) is 0 Å². The van der Waals surface area contributed by atoms with E-state index in [4.69, 9.17) is 0 Å². The van der Waals surface area contributed by atoms with Crippen LogP contribution in [0.25, 0.3) is 17.2 Å². The molecule has 0 saturated carbocycles. The molecule has 2 aromatic carbocycles. The minimum Gasteiger partial charge on any atom is -0.0795 e. The number of allylic oxidation sites excluding steroid dienone is 1. The van der Waals surface area contributed by atoms with Gasteiger partial charge in [0.25, 0.3) is 0 Å². The highest BCUT2D eigenvalue weighted by atomic mass is 14.2. The van der Waals surface area contributed by atoms with Gasteiger partial charge in [-0.2, -0.15) is 0 Å². The Hall–Kier alpha value is -1.82. The van der Waals surface area contributed by atoms with E-state index >= 15 is 0 Å². The molecule has 0 atom stereocenters. The van der Waals surface area contributed by atoms with Gasteiger partial charge in [-0.05, 0) is 41.2 Å². The van der Waals surface area contributed by atoms with Crippen LogP contribution in [0, 0.1) is 6.92 Å². The maximum absolute atomic E-state index is 2.24. The third-order valence-corrected chi connectivity index (χ3v) is 3.27. The van der Waals surface area contributed by atoms with E-state index in [2.05, 4.69) is 61.5 Å². The quantitative estimate of drug-likeness (QED) is 0.593. The highest BCUT2D eigenvalue weighted by Crippen LogP contribution is 2.32. The van der Waals surface area contributed by atoms with Gasteiger partial charge in [-0.3, -0.25) is 0 Å². The Morgan fingerprint density at radius 3 is 2.26 bits per heavy atom. The summed E-state index contributed by atoms with van der Waals surface area (Å²) in [5, 5.41) is 0. The van der Waals surface area contributed by atoms with Crippen molar-refractivity contribution in [1.82, 2.24) is 0 Å². The molecular formula is C19H24. The number of rotatable bonds is 1. The lowest BCUT2D eigenvalue weighted by atomic mass is 9.94. The number of benzene rings is 2. The Kier molecular flexibility index (Phi) is 5.57. The minimum atomic E-state index is 0. The van der Waals surface area contributed by atoms with Gasteiger partial charge in [0.1, 0.15) is 0 Å². The summed E-state index contributed by atoms with van der Waals surface area (Å²) < 4.78 is 0. The van der Waals surface area contributed by atoms with Crippen LogP contribution in [-0.2, 0) is 6.42 Å². The summed E-state index contributed by atoms with van der Waals surface area (Å²) in [7, 11) is 0. The highest BCUT2D eigenvalue weighted by molar-refractivity contribution is 5.77. The van der Waals surface area contributed by atoms with Crippen molar-refractivity contribution in [2.45, 2.75) is 34.6 Å². The molecule has 0 bridgehead atoms. The molecular weight excluding hydrogens is 228 g/mol. The normalized spacial score (nSPS) is 11.1. The predicted molar refractivity (Wildman–Crippen MR) is 87.4 cm³/mol. The average Bonchev–Trinajstić information content (AvgIpc) is 2.90. The van der Waals surface area contributed by atoms with Gasteiger partial charge in [0.15, 0.2) is 0 Å². The summed E-state index contributed by atoms with van der Waals surface area (Å²) in [5.41, 5.74) is 6.95. The number of hydrogen-bond acceptors (Lipinski definition) is 0. The van der Waals surface area contributed by atoms with Crippen molar-refractivity contribution >= 4 is 6.08 Å². The van der Waals surface area contributed by atoms with Gasteiger partial charge in [-0.15, -0.1) is 0 Å². The standard InChI is InChI=1S/C16H14.C2H6.CH4/c1-12-6-2-3-9-14(12)16-11-5-8-13-7-4-10-15(13)16;1-2;/h2-9,11H,10H2,1H3;1-2H3;1H4. The lowest BCUT2D eigenvalue weighted by molar-refractivity contribution is 1.30. The first-order valence-electron chi connectivity index (χ1n) is 6.71. The maximum Gasteiger partial charge on any atom is -0.00820 e. The van der Waals surface area contributed by atoms with Crippen molar-refractivity contribution in [3.8, 4) is 11.1 Å². The molecule has 0 N–H and O–H groups in total. The van der Waals surface area contributed by atoms with E-state index in [9.17, 15) is 0 Å². The second kappa shape index (κ2) is 6.94. The molecule has 0 radical (unpaired) electrons. The molecule has 0 saturated heterocycles. The molecule has 19 heavy (non-hydrogen) atoms. The lowest BCUT2D eigenvalue weighted by Crippen LogP contribution is -1.90. The summed E-state index contributed by atoms with van der Waals surface area (Å²) >= 11 is 0. The topological polar surface area (TPSA) is 0 Å². The summed E-state index contributed by atoms with van der Waals surface area (Å²) in [6.45, 7) is 6.18. The first kappa shape index (κ1) is 15.2. The fourth-order valence-corrected chi connectivity index (χ4v) is 2.42. The van der Waals surface area contributed by atoms with Crippen molar-refractivity contribution in [2.75, 3.05) is 0 Å². The van der Waals surface area contributed by atoms with E-state index < -0.39 is 0 Å². The molecule has 0 nitrogen and oxygen atoms in total. The molecule has 1 aliphatic carbocycles. The SMILES string of the molecule is C.CC.Cc1ccccc1-c1cccc2c1CC=C2. The Morgan fingerprint density at radius 1 is 0.842 bits per heavy atom. The Balaban J connectivity index is 0.000000576. The average molecular weight is 252 g/mol. The van der Waals surface area contributed by atoms with Crippen LogP contribution in [0.5, 0.6) is 0 Å². The monoisotopic (exact) mass is 252 g/mol. The summed E-state index contributed by atoms with van der Waals surface area (Å²) in [4.78, 5) is 0. The molecule has 100 valence electrons. The third-order valence-electron chi connectivity index (χ3n) is 3.27. The molecule has 0 aliphatic heterocycles. The molecule has 2 aromatic rings. The fraction of sp³-hybridized carbons (Fsp3) is 0.263. The van der Waals surface area contributed by atoms with Gasteiger partial charge in [-0.1, -0.05) is 75.9 Å². The smallest absolute Gasteiger partial charge is 0.00820 e. The van der Waals surface area contributed by atoms with Gasteiger partial charge < -0.3 is 0 Å². The summed E-state index contributed by atoms with van der Waals surface area (Å²) in [6.07, 6.45) is 5.53. The first-order valence-corrected chi connectivity index (χ1v) is 6.71. The predicted octanol–water partition coefficient (Wildman–Crippen LogP) is 5.89. The van der Waals surface area contributed by atoms with Crippen LogP contribution < -0.4 is 0 Å².